The lowest BCUT2D eigenvalue weighted by atomic mass is 9.89. The van der Waals surface area contributed by atoms with E-state index in [9.17, 15) is 9.18 Å². The van der Waals surface area contributed by atoms with Gasteiger partial charge in [-0.15, -0.1) is 0 Å². The predicted molar refractivity (Wildman–Crippen MR) is 114 cm³/mol. The third kappa shape index (κ3) is 3.71. The zero-order valence-corrected chi connectivity index (χ0v) is 16.5. The second-order valence-electron chi connectivity index (χ2n) is 7.37. The summed E-state index contributed by atoms with van der Waals surface area (Å²) in [4.78, 5) is 17.2. The number of hydrogen-bond donors (Lipinski definition) is 3. The Balaban J connectivity index is 1.59. The van der Waals surface area contributed by atoms with Gasteiger partial charge in [0.25, 0.3) is 5.91 Å². The van der Waals surface area contributed by atoms with Crippen LogP contribution in [0.15, 0.2) is 41.4 Å². The van der Waals surface area contributed by atoms with Crippen molar-refractivity contribution < 1.29 is 9.18 Å². The first kappa shape index (κ1) is 18.8. The van der Waals surface area contributed by atoms with Crippen LogP contribution in [0.25, 0.3) is 0 Å². The van der Waals surface area contributed by atoms with Crippen LogP contribution in [-0.4, -0.2) is 23.4 Å². The van der Waals surface area contributed by atoms with E-state index in [4.69, 9.17) is 5.73 Å². The van der Waals surface area contributed by atoms with Gasteiger partial charge in [0.15, 0.2) is 5.17 Å². The number of thioether (sulfide) groups is 1. The van der Waals surface area contributed by atoms with Crippen LogP contribution < -0.4 is 16.4 Å². The number of aliphatic imine (C=N–C) groups is 1. The van der Waals surface area contributed by atoms with Crippen molar-refractivity contribution in [2.75, 3.05) is 22.9 Å². The molecule has 7 heteroatoms. The van der Waals surface area contributed by atoms with E-state index in [1.807, 2.05) is 25.1 Å². The summed E-state index contributed by atoms with van der Waals surface area (Å²) in [6.45, 7) is 2.83. The molecule has 1 amide bonds. The fourth-order valence-electron chi connectivity index (χ4n) is 3.72. The molecule has 2 aliphatic heterocycles. The van der Waals surface area contributed by atoms with Crippen LogP contribution in [0.3, 0.4) is 0 Å². The minimum Gasteiger partial charge on any atom is -0.385 e. The number of nitrogens with two attached hydrogens (primary N) is 1. The van der Waals surface area contributed by atoms with Crippen molar-refractivity contribution in [2.45, 2.75) is 31.7 Å². The molecule has 4 rings (SSSR count). The first-order valence-corrected chi connectivity index (χ1v) is 10.4. The first-order valence-electron chi connectivity index (χ1n) is 9.41. The highest BCUT2D eigenvalue weighted by atomic mass is 32.2. The van der Waals surface area contributed by atoms with Gasteiger partial charge in [-0.3, -0.25) is 9.79 Å². The number of benzene rings is 2. The Morgan fingerprint density at radius 2 is 2.18 bits per heavy atom. The molecular formula is C21H23FN4OS. The fourth-order valence-corrected chi connectivity index (χ4v) is 4.69. The molecule has 0 fully saturated rings. The minimum absolute atomic E-state index is 0.210. The van der Waals surface area contributed by atoms with E-state index >= 15 is 0 Å². The van der Waals surface area contributed by atoms with Crippen LogP contribution in [0.5, 0.6) is 0 Å². The predicted octanol–water partition coefficient (Wildman–Crippen LogP) is 4.10. The maximum Gasteiger partial charge on any atom is 0.255 e. The summed E-state index contributed by atoms with van der Waals surface area (Å²) in [5.74, 6) is 0.229. The number of rotatable bonds is 3. The van der Waals surface area contributed by atoms with Crippen molar-refractivity contribution in [1.29, 1.82) is 0 Å². The van der Waals surface area contributed by atoms with Crippen molar-refractivity contribution in [1.82, 2.24) is 0 Å². The van der Waals surface area contributed by atoms with Gasteiger partial charge in [0, 0.05) is 34.8 Å². The molecule has 2 aromatic rings. The van der Waals surface area contributed by atoms with Crippen molar-refractivity contribution in [2.24, 2.45) is 10.7 Å². The standard InChI is InChI=1S/C21H23FN4OS/c1-21(8-10-28-20(23)26-21)16-12-15(5-6-17(16)22)25-19(27)14-4-7-18-13(11-14)3-2-9-24-18/h4-7,11-12,24H,2-3,8-10H2,1H3,(H2,23,26)(H,25,27). The van der Waals surface area contributed by atoms with Gasteiger partial charge < -0.3 is 16.4 Å². The molecule has 2 heterocycles. The van der Waals surface area contributed by atoms with E-state index in [1.54, 1.807) is 12.1 Å². The average molecular weight is 399 g/mol. The Kier molecular flexibility index (Phi) is 5.02. The highest BCUT2D eigenvalue weighted by Gasteiger charge is 2.32. The van der Waals surface area contributed by atoms with E-state index in [2.05, 4.69) is 15.6 Å². The van der Waals surface area contributed by atoms with Crippen LogP contribution in [-0.2, 0) is 12.0 Å². The topological polar surface area (TPSA) is 79.5 Å². The number of carbonyl (C=O) groups is 1. The van der Waals surface area contributed by atoms with Gasteiger partial charge >= 0.3 is 0 Å². The number of amidine groups is 1. The van der Waals surface area contributed by atoms with Gasteiger partial charge in [-0.2, -0.15) is 0 Å². The van der Waals surface area contributed by atoms with Gasteiger partial charge in [-0.1, -0.05) is 11.8 Å². The smallest absolute Gasteiger partial charge is 0.255 e. The van der Waals surface area contributed by atoms with Crippen molar-refractivity contribution >= 4 is 34.2 Å². The van der Waals surface area contributed by atoms with Gasteiger partial charge in [0.2, 0.25) is 0 Å². The fraction of sp³-hybridized carbons (Fsp3) is 0.333. The highest BCUT2D eigenvalue weighted by Crippen LogP contribution is 2.37. The maximum atomic E-state index is 14.5. The van der Waals surface area contributed by atoms with Gasteiger partial charge in [0.1, 0.15) is 5.82 Å². The molecule has 28 heavy (non-hydrogen) atoms. The van der Waals surface area contributed by atoms with Crippen LogP contribution in [0.1, 0.15) is 41.3 Å². The summed E-state index contributed by atoms with van der Waals surface area (Å²) in [6, 6.07) is 10.3. The average Bonchev–Trinajstić information content (AvgIpc) is 2.68. The number of hydrogen-bond acceptors (Lipinski definition) is 5. The Morgan fingerprint density at radius 1 is 1.32 bits per heavy atom. The summed E-state index contributed by atoms with van der Waals surface area (Å²) >= 11 is 1.47. The maximum absolute atomic E-state index is 14.5. The Bertz CT molecular complexity index is 961. The molecule has 0 aromatic heterocycles. The van der Waals surface area contributed by atoms with E-state index < -0.39 is 5.54 Å². The number of nitrogens with zero attached hydrogens (tertiary/aromatic N) is 1. The number of nitrogens with one attached hydrogen (secondary N) is 2. The van der Waals surface area contributed by atoms with E-state index in [0.717, 1.165) is 36.4 Å². The number of halogens is 1. The number of anilines is 2. The van der Waals surface area contributed by atoms with E-state index in [1.165, 1.54) is 17.8 Å². The molecule has 4 N–H and O–H groups in total. The second kappa shape index (κ2) is 7.47. The molecular weight excluding hydrogens is 375 g/mol. The normalized spacial score (nSPS) is 21.3. The quantitative estimate of drug-likeness (QED) is 0.727. The molecule has 1 unspecified atom stereocenters. The molecule has 0 spiro atoms. The van der Waals surface area contributed by atoms with Gasteiger partial charge in [-0.05, 0) is 68.1 Å². The number of fused-ring (bicyclic) bond motifs is 1. The van der Waals surface area contributed by atoms with Crippen LogP contribution in [0.4, 0.5) is 15.8 Å². The van der Waals surface area contributed by atoms with E-state index in [0.29, 0.717) is 28.4 Å². The summed E-state index contributed by atoms with van der Waals surface area (Å²) < 4.78 is 14.5. The third-order valence-corrected chi connectivity index (χ3v) is 6.10. The first-order chi connectivity index (χ1) is 13.4. The molecule has 5 nitrogen and oxygen atoms in total. The number of aryl methyl sites for hydroxylation is 1. The molecule has 0 saturated heterocycles. The van der Waals surface area contributed by atoms with Gasteiger partial charge in [0.05, 0.1) is 5.54 Å². The minimum atomic E-state index is -0.725. The lowest BCUT2D eigenvalue weighted by Gasteiger charge is -2.30. The summed E-state index contributed by atoms with van der Waals surface area (Å²) in [6.07, 6.45) is 2.70. The SMILES string of the molecule is CC1(c2cc(NC(=O)c3ccc4c(c3)CCCN4)ccc2F)CCSC(N)=N1. The van der Waals surface area contributed by atoms with Crippen LogP contribution in [0.2, 0.25) is 0 Å². The summed E-state index contributed by atoms with van der Waals surface area (Å²) in [5, 5.41) is 6.69. The van der Waals surface area contributed by atoms with Crippen molar-refractivity contribution in [3.8, 4) is 0 Å². The Labute approximate surface area is 168 Å². The molecule has 2 aliphatic rings. The molecule has 0 radical (unpaired) electrons. The largest absolute Gasteiger partial charge is 0.385 e. The highest BCUT2D eigenvalue weighted by molar-refractivity contribution is 8.13. The van der Waals surface area contributed by atoms with Crippen LogP contribution in [0, 0.1) is 5.82 Å². The second-order valence-corrected chi connectivity index (χ2v) is 8.49. The Morgan fingerprint density at radius 3 is 3.00 bits per heavy atom. The van der Waals surface area contributed by atoms with E-state index in [-0.39, 0.29) is 11.7 Å². The summed E-state index contributed by atoms with van der Waals surface area (Å²) in [7, 11) is 0. The zero-order chi connectivity index (χ0) is 19.7. The Hall–Kier alpha value is -2.54. The molecule has 1 atom stereocenters. The van der Waals surface area contributed by atoms with Gasteiger partial charge in [-0.25, -0.2) is 4.39 Å². The monoisotopic (exact) mass is 398 g/mol. The summed E-state index contributed by atoms with van der Waals surface area (Å²) in [5.41, 5.74) is 8.96. The lowest BCUT2D eigenvalue weighted by molar-refractivity contribution is 0.102. The zero-order valence-electron chi connectivity index (χ0n) is 15.7. The van der Waals surface area contributed by atoms with Crippen molar-refractivity contribution in [3.63, 3.8) is 0 Å². The third-order valence-electron chi connectivity index (χ3n) is 5.31. The molecule has 146 valence electrons. The molecule has 0 saturated carbocycles. The number of amides is 1. The van der Waals surface area contributed by atoms with Crippen molar-refractivity contribution in [3.05, 3.63) is 58.9 Å². The van der Waals surface area contributed by atoms with Crippen LogP contribution >= 0.6 is 11.8 Å². The lowest BCUT2D eigenvalue weighted by Crippen LogP contribution is -2.29. The molecule has 0 aliphatic carbocycles. The molecule has 2 aromatic carbocycles. The molecule has 0 bridgehead atoms. The number of carbonyl (C=O) groups excluding carboxylic acids is 1.